The van der Waals surface area contributed by atoms with E-state index in [1.54, 1.807) is 27.7 Å². The molecular weight excluding hydrogens is 775 g/mol. The fourth-order valence-corrected chi connectivity index (χ4v) is 6.25. The van der Waals surface area contributed by atoms with Gasteiger partial charge in [0.2, 0.25) is 29.5 Å². The van der Waals surface area contributed by atoms with E-state index in [2.05, 4.69) is 51.8 Å². The van der Waals surface area contributed by atoms with Gasteiger partial charge in [0.1, 0.15) is 35.8 Å². The van der Waals surface area contributed by atoms with Gasteiger partial charge in [-0.05, 0) is 44.6 Å². The summed E-state index contributed by atoms with van der Waals surface area (Å²) < 4.78 is 5.43. The van der Waals surface area contributed by atoms with Crippen molar-refractivity contribution in [2.45, 2.75) is 122 Å². The average Bonchev–Trinajstić information content (AvgIpc) is 3.90. The number of ether oxygens (including phenoxy) is 1. The van der Waals surface area contributed by atoms with E-state index in [1.165, 1.54) is 25.0 Å². The van der Waals surface area contributed by atoms with Crippen molar-refractivity contribution in [3.05, 3.63) is 72.3 Å². The van der Waals surface area contributed by atoms with E-state index in [0.29, 0.717) is 24.2 Å². The van der Waals surface area contributed by atoms with Gasteiger partial charge < -0.3 is 57.4 Å². The van der Waals surface area contributed by atoms with E-state index >= 15 is 0 Å². The number of nitrogens with zero attached hydrogens (tertiary/aromatic N) is 2. The molecule has 19 heteroatoms. The van der Waals surface area contributed by atoms with Crippen molar-refractivity contribution in [1.29, 1.82) is 0 Å². The molecule has 0 fully saturated rings. The predicted molar refractivity (Wildman–Crippen MR) is 223 cm³/mol. The number of aliphatic hydroxyl groups excluding tert-OH is 1. The van der Waals surface area contributed by atoms with Crippen LogP contribution in [0.25, 0.3) is 0 Å². The second-order valence-corrected chi connectivity index (χ2v) is 16.3. The zero-order chi connectivity index (χ0) is 44.4. The largest absolute Gasteiger partial charge is 0.444 e. The molecule has 0 saturated carbocycles. The highest BCUT2D eigenvalue weighted by molar-refractivity contribution is 5.93. The third-order valence-electron chi connectivity index (χ3n) is 9.55. The number of primary amides is 1. The molecule has 0 saturated heterocycles. The highest BCUT2D eigenvalue weighted by Crippen LogP contribution is 2.13. The second-order valence-electron chi connectivity index (χ2n) is 16.3. The van der Waals surface area contributed by atoms with E-state index in [0.717, 1.165) is 5.56 Å². The summed E-state index contributed by atoms with van der Waals surface area (Å²) >= 11 is 0. The highest BCUT2D eigenvalue weighted by atomic mass is 16.6. The highest BCUT2D eigenvalue weighted by Gasteiger charge is 2.33. The Morgan fingerprint density at radius 1 is 0.750 bits per heavy atom. The van der Waals surface area contributed by atoms with Gasteiger partial charge in [0, 0.05) is 55.6 Å². The Bertz CT molecular complexity index is 1800. The van der Waals surface area contributed by atoms with Crippen molar-refractivity contribution in [2.24, 2.45) is 17.6 Å². The summed E-state index contributed by atoms with van der Waals surface area (Å²) in [6.45, 7) is 12.0. The molecule has 1 aromatic carbocycles. The number of rotatable bonds is 24. The molecule has 3 rings (SSSR count). The minimum atomic E-state index is -1.19. The van der Waals surface area contributed by atoms with Crippen LogP contribution in [0.2, 0.25) is 0 Å². The molecule has 2 heterocycles. The van der Waals surface area contributed by atoms with Gasteiger partial charge in [-0.2, -0.15) is 0 Å². The molecule has 0 aliphatic heterocycles. The number of alkyl carbamates (subject to hydrolysis) is 1. The summed E-state index contributed by atoms with van der Waals surface area (Å²) in [5.74, 6) is -3.52. The summed E-state index contributed by atoms with van der Waals surface area (Å²) in [6.07, 6.45) is 6.29. The van der Waals surface area contributed by atoms with Gasteiger partial charge in [-0.1, -0.05) is 64.4 Å². The van der Waals surface area contributed by atoms with Crippen LogP contribution < -0.4 is 37.6 Å². The maximum atomic E-state index is 14.1. The quantitative estimate of drug-likeness (QED) is 0.0594. The smallest absolute Gasteiger partial charge is 0.408 e. The summed E-state index contributed by atoms with van der Waals surface area (Å²) in [7, 11) is 0. The molecule has 0 radical (unpaired) electrons. The first-order chi connectivity index (χ1) is 28.4. The molecule has 0 aliphatic carbocycles. The lowest BCUT2D eigenvalue weighted by Crippen LogP contribution is -2.60. The van der Waals surface area contributed by atoms with E-state index in [-0.39, 0.29) is 37.6 Å². The molecule has 60 heavy (non-hydrogen) atoms. The van der Waals surface area contributed by atoms with Crippen LogP contribution in [-0.2, 0) is 48.0 Å². The Morgan fingerprint density at radius 2 is 1.30 bits per heavy atom. The first kappa shape index (κ1) is 48.5. The third kappa shape index (κ3) is 16.8. The lowest BCUT2D eigenvalue weighted by molar-refractivity contribution is -0.133. The molecule has 19 nitrogen and oxygen atoms in total. The number of hydrogen-bond donors (Lipinski definition) is 10. The van der Waals surface area contributed by atoms with Crippen molar-refractivity contribution in [3.8, 4) is 0 Å². The number of imidazole rings is 2. The van der Waals surface area contributed by atoms with Gasteiger partial charge in [-0.25, -0.2) is 14.8 Å². The fourth-order valence-electron chi connectivity index (χ4n) is 6.25. The van der Waals surface area contributed by atoms with Crippen molar-refractivity contribution in [2.75, 3.05) is 13.2 Å². The van der Waals surface area contributed by atoms with E-state index < -0.39 is 84.1 Å². The Kier molecular flexibility index (Phi) is 19.2. The molecule has 0 unspecified atom stereocenters. The van der Waals surface area contributed by atoms with Crippen LogP contribution in [0.4, 0.5) is 4.79 Å². The number of benzene rings is 1. The molecule has 6 amide bonds. The van der Waals surface area contributed by atoms with Crippen LogP contribution in [0.1, 0.15) is 78.3 Å². The molecule has 0 spiro atoms. The van der Waals surface area contributed by atoms with Crippen LogP contribution in [0, 0.1) is 11.8 Å². The van der Waals surface area contributed by atoms with Gasteiger partial charge in [-0.15, -0.1) is 0 Å². The summed E-state index contributed by atoms with van der Waals surface area (Å²) in [5, 5.41) is 27.1. The SMILES string of the molecule is CC[C@H](C)[C@H](NC(=O)[C@H](CO)NC[C@H](CC(C)C)NC(=O)[C@H](Cc1cnc[nH]1)NC(=O)[C@H](Cc1ccccc1)NC(=O)OC(C)(C)C)C(=O)N[C@@H](Cc1cnc[nH]1)C(N)=O. The first-order valence-corrected chi connectivity index (χ1v) is 20.2. The Labute approximate surface area is 351 Å². The maximum absolute atomic E-state index is 14.1. The second kappa shape index (κ2) is 23.7. The fraction of sp³-hybridized carbons (Fsp3) is 0.561. The first-order valence-electron chi connectivity index (χ1n) is 20.2. The topological polar surface area (TPSA) is 287 Å². The zero-order valence-electron chi connectivity index (χ0n) is 35.5. The molecule has 0 bridgehead atoms. The van der Waals surface area contributed by atoms with Gasteiger partial charge >= 0.3 is 6.09 Å². The van der Waals surface area contributed by atoms with Crippen LogP contribution in [0.3, 0.4) is 0 Å². The molecule has 2 aromatic heterocycles. The maximum Gasteiger partial charge on any atom is 0.408 e. The minimum Gasteiger partial charge on any atom is -0.444 e. The van der Waals surface area contributed by atoms with Crippen molar-refractivity contribution >= 4 is 35.6 Å². The van der Waals surface area contributed by atoms with Crippen LogP contribution in [0.5, 0.6) is 0 Å². The van der Waals surface area contributed by atoms with Crippen molar-refractivity contribution in [3.63, 3.8) is 0 Å². The van der Waals surface area contributed by atoms with E-state index in [4.69, 9.17) is 10.5 Å². The standard InChI is InChI=1S/C41H63N11O8/c1-8-25(4)34(39(58)49-30(35(42)54)16-27-18-43-22-46-27)52-38(57)33(21-53)45-20-29(14-24(2)3)48-36(55)32(17-28-19-44-23-47-28)50-37(56)31(15-26-12-10-9-11-13-26)51-40(59)60-41(5,6)7/h9-13,18-19,22-25,29-34,45,53H,8,14-17,20-21H2,1-7H3,(H2,42,54)(H,43,46)(H,44,47)(H,48,55)(H,49,58)(H,50,56)(H,51,59)(H,52,57)/t25-,29-,30-,31-,32-,33-,34-/m0/s1. The number of nitrogens with two attached hydrogens (primary N) is 1. The van der Waals surface area contributed by atoms with Crippen LogP contribution in [0.15, 0.2) is 55.4 Å². The molecular formula is C41H63N11O8. The molecule has 0 aliphatic rings. The number of H-pyrrole nitrogens is 2. The number of carbonyl (C=O) groups excluding carboxylic acids is 6. The Morgan fingerprint density at radius 3 is 1.82 bits per heavy atom. The summed E-state index contributed by atoms with van der Waals surface area (Å²) in [5.41, 5.74) is 6.67. The van der Waals surface area contributed by atoms with E-state index in [9.17, 15) is 33.9 Å². The molecule has 7 atom stereocenters. The van der Waals surface area contributed by atoms with Gasteiger partial charge in [-0.3, -0.25) is 24.0 Å². The monoisotopic (exact) mass is 837 g/mol. The number of carbonyl (C=O) groups is 6. The lowest BCUT2D eigenvalue weighted by Gasteiger charge is -2.29. The van der Waals surface area contributed by atoms with Crippen molar-refractivity contribution < 1.29 is 38.6 Å². The predicted octanol–water partition coefficient (Wildman–Crippen LogP) is 0.521. The summed E-state index contributed by atoms with van der Waals surface area (Å²) in [4.78, 5) is 94.0. The van der Waals surface area contributed by atoms with Gasteiger partial charge in [0.05, 0.1) is 19.3 Å². The number of aromatic amines is 2. The van der Waals surface area contributed by atoms with Crippen LogP contribution in [-0.4, -0.2) is 116 Å². The normalized spacial score (nSPS) is 15.0. The molecule has 11 N–H and O–H groups in total. The van der Waals surface area contributed by atoms with Crippen LogP contribution >= 0.6 is 0 Å². The number of aromatic nitrogens is 4. The van der Waals surface area contributed by atoms with E-state index in [1.807, 2.05) is 51.1 Å². The molecule has 330 valence electrons. The Balaban J connectivity index is 1.76. The molecule has 3 aromatic rings. The number of hydrogen-bond acceptors (Lipinski definition) is 11. The minimum absolute atomic E-state index is 0.0260. The number of nitrogens with one attached hydrogen (secondary N) is 8. The average molecular weight is 838 g/mol. The van der Waals surface area contributed by atoms with Gasteiger partial charge in [0.15, 0.2) is 0 Å². The number of amides is 6. The lowest BCUT2D eigenvalue weighted by atomic mass is 9.97. The third-order valence-corrected chi connectivity index (χ3v) is 9.55. The summed E-state index contributed by atoms with van der Waals surface area (Å²) in [6, 6.07) is 2.93. The van der Waals surface area contributed by atoms with Gasteiger partial charge in [0.25, 0.3) is 0 Å². The zero-order valence-corrected chi connectivity index (χ0v) is 35.5. The van der Waals surface area contributed by atoms with Crippen molar-refractivity contribution in [1.82, 2.24) is 51.8 Å². The number of aliphatic hydroxyl groups is 1. The Hall–Kier alpha value is -5.82.